The molecule has 0 fully saturated rings. The Balaban J connectivity index is 0.000000671. The van der Waals surface area contributed by atoms with Gasteiger partial charge in [0.2, 0.25) is 0 Å². The molecule has 13 heavy (non-hydrogen) atoms. The molecule has 1 aromatic heterocycles. The minimum atomic E-state index is 0.788. The average molecular weight is 196 g/mol. The topological polar surface area (TPSA) is 28.1 Å². The Kier molecular flexibility index (Phi) is 5.23. The molecular weight excluding hydrogens is 180 g/mol. The van der Waals surface area contributed by atoms with Crippen LogP contribution >= 0.6 is 12.2 Å². The second-order valence-electron chi connectivity index (χ2n) is 2.43. The summed E-state index contributed by atoms with van der Waals surface area (Å²) in [5, 5.41) is 0. The summed E-state index contributed by atoms with van der Waals surface area (Å²) in [6.45, 7) is 11.3. The maximum Gasteiger partial charge on any atom is 0.0995 e. The Labute approximate surface area is 84.7 Å². The van der Waals surface area contributed by atoms with E-state index in [0.29, 0.717) is 0 Å². The van der Waals surface area contributed by atoms with Gasteiger partial charge in [-0.15, -0.1) is 0 Å². The molecule has 0 unspecified atom stereocenters. The molecular formula is C10H16N2S. The molecule has 0 bridgehead atoms. The number of aliphatic imine (C=N–C) groups is 1. The van der Waals surface area contributed by atoms with E-state index in [9.17, 15) is 0 Å². The predicted molar refractivity (Wildman–Crippen MR) is 61.7 cm³/mol. The number of hydrogen-bond donors (Lipinski definition) is 1. The largest absolute Gasteiger partial charge is 0.363 e. The fourth-order valence-electron chi connectivity index (χ4n) is 0.898. The van der Waals surface area contributed by atoms with Gasteiger partial charge < -0.3 is 4.98 Å². The Morgan fingerprint density at radius 1 is 1.38 bits per heavy atom. The molecule has 1 heterocycles. The molecule has 0 aliphatic carbocycles. The summed E-state index contributed by atoms with van der Waals surface area (Å²) in [4.78, 5) is 6.90. The van der Waals surface area contributed by atoms with E-state index < -0.39 is 0 Å². The van der Waals surface area contributed by atoms with Gasteiger partial charge in [-0.25, -0.2) is 0 Å². The van der Waals surface area contributed by atoms with Crippen LogP contribution in [0.15, 0.2) is 11.2 Å². The molecule has 0 amide bonds. The molecule has 0 atom stereocenters. The molecule has 0 radical (unpaired) electrons. The third kappa shape index (κ3) is 2.77. The second kappa shape index (κ2) is 5.65. The van der Waals surface area contributed by atoms with Crippen molar-refractivity contribution in [2.45, 2.75) is 27.7 Å². The minimum absolute atomic E-state index is 0.788. The van der Waals surface area contributed by atoms with Crippen LogP contribution in [0.25, 0.3) is 0 Å². The van der Waals surface area contributed by atoms with Crippen LogP contribution in [0.3, 0.4) is 0 Å². The smallest absolute Gasteiger partial charge is 0.0995 e. The SMILES string of the molecule is C=Nc1c(C)[nH]cc(C)c1=S.CC. The first-order chi connectivity index (χ1) is 6.16. The van der Waals surface area contributed by atoms with Crippen LogP contribution in [0, 0.1) is 18.4 Å². The van der Waals surface area contributed by atoms with Gasteiger partial charge in [0.1, 0.15) is 0 Å². The third-order valence-corrected chi connectivity index (χ3v) is 2.11. The molecule has 1 rings (SSSR count). The van der Waals surface area contributed by atoms with E-state index in [-0.39, 0.29) is 0 Å². The van der Waals surface area contributed by atoms with E-state index in [1.54, 1.807) is 0 Å². The van der Waals surface area contributed by atoms with Crippen LogP contribution in [0.4, 0.5) is 5.69 Å². The van der Waals surface area contributed by atoms with Crippen LogP contribution < -0.4 is 0 Å². The lowest BCUT2D eigenvalue weighted by atomic mass is 10.2. The first-order valence-electron chi connectivity index (χ1n) is 4.32. The number of pyridine rings is 1. The van der Waals surface area contributed by atoms with E-state index >= 15 is 0 Å². The van der Waals surface area contributed by atoms with Gasteiger partial charge in [0.15, 0.2) is 0 Å². The Morgan fingerprint density at radius 2 is 1.92 bits per heavy atom. The molecule has 2 nitrogen and oxygen atoms in total. The van der Waals surface area contributed by atoms with Gasteiger partial charge in [0, 0.05) is 11.9 Å². The van der Waals surface area contributed by atoms with Crippen molar-refractivity contribution in [3.05, 3.63) is 22.0 Å². The number of aryl methyl sites for hydroxylation is 2. The fourth-order valence-corrected chi connectivity index (χ4v) is 1.17. The highest BCUT2D eigenvalue weighted by molar-refractivity contribution is 7.71. The molecule has 0 aliphatic heterocycles. The van der Waals surface area contributed by atoms with Crippen molar-refractivity contribution in [2.24, 2.45) is 4.99 Å². The summed E-state index contributed by atoms with van der Waals surface area (Å²) in [7, 11) is 0. The highest BCUT2D eigenvalue weighted by Crippen LogP contribution is 2.19. The second-order valence-corrected chi connectivity index (χ2v) is 2.84. The van der Waals surface area contributed by atoms with Crippen molar-refractivity contribution in [3.8, 4) is 0 Å². The molecule has 0 aliphatic rings. The van der Waals surface area contributed by atoms with Gasteiger partial charge in [-0.2, -0.15) is 0 Å². The fraction of sp³-hybridized carbons (Fsp3) is 0.400. The summed E-state index contributed by atoms with van der Waals surface area (Å²) in [6.07, 6.45) is 1.88. The Hall–Kier alpha value is -0.960. The lowest BCUT2D eigenvalue weighted by Gasteiger charge is -2.01. The summed E-state index contributed by atoms with van der Waals surface area (Å²) in [6, 6.07) is 0. The predicted octanol–water partition coefficient (Wildman–Crippen LogP) is 3.72. The van der Waals surface area contributed by atoms with E-state index in [1.165, 1.54) is 0 Å². The van der Waals surface area contributed by atoms with Crippen LogP contribution in [0.1, 0.15) is 25.1 Å². The number of H-pyrrole nitrogens is 1. The number of aromatic nitrogens is 1. The van der Waals surface area contributed by atoms with Gasteiger partial charge in [-0.3, -0.25) is 4.99 Å². The number of nitrogens with one attached hydrogen (secondary N) is 1. The summed E-state index contributed by atoms with van der Waals surface area (Å²) in [5.41, 5.74) is 2.80. The molecule has 0 saturated carbocycles. The minimum Gasteiger partial charge on any atom is -0.363 e. The van der Waals surface area contributed by atoms with Crippen molar-refractivity contribution < 1.29 is 0 Å². The maximum absolute atomic E-state index is 5.13. The molecule has 1 N–H and O–H groups in total. The first-order valence-corrected chi connectivity index (χ1v) is 4.73. The molecule has 0 aromatic carbocycles. The van der Waals surface area contributed by atoms with Crippen LogP contribution in [-0.2, 0) is 0 Å². The van der Waals surface area contributed by atoms with Crippen molar-refractivity contribution >= 4 is 24.6 Å². The van der Waals surface area contributed by atoms with Crippen LogP contribution in [0.5, 0.6) is 0 Å². The third-order valence-electron chi connectivity index (χ3n) is 1.59. The highest BCUT2D eigenvalue weighted by atomic mass is 32.1. The zero-order valence-corrected chi connectivity index (χ0v) is 9.46. The summed E-state index contributed by atoms with van der Waals surface area (Å²) < 4.78 is 0.788. The van der Waals surface area contributed by atoms with Gasteiger partial charge >= 0.3 is 0 Å². The van der Waals surface area contributed by atoms with E-state index in [2.05, 4.69) is 16.7 Å². The van der Waals surface area contributed by atoms with Crippen LogP contribution in [0.2, 0.25) is 0 Å². The van der Waals surface area contributed by atoms with Gasteiger partial charge in [-0.05, 0) is 26.1 Å². The highest BCUT2D eigenvalue weighted by Gasteiger charge is 1.98. The standard InChI is InChI=1S/C8H10N2S.C2H6/c1-5-4-10-6(2)7(9-3)8(5)11;1-2/h4H,3H2,1-2H3,(H,10,11);1-2H3. The van der Waals surface area contributed by atoms with E-state index in [0.717, 1.165) is 21.5 Å². The Bertz CT molecular complexity index is 339. The lowest BCUT2D eigenvalue weighted by molar-refractivity contribution is 1.15. The molecule has 0 saturated heterocycles. The zero-order valence-electron chi connectivity index (χ0n) is 8.64. The normalized spacial score (nSPS) is 8.62. The van der Waals surface area contributed by atoms with Crippen molar-refractivity contribution in [1.82, 2.24) is 4.98 Å². The Morgan fingerprint density at radius 3 is 2.31 bits per heavy atom. The number of hydrogen-bond acceptors (Lipinski definition) is 2. The molecule has 72 valence electrons. The van der Waals surface area contributed by atoms with Gasteiger partial charge in [0.25, 0.3) is 0 Å². The molecule has 3 heteroatoms. The zero-order chi connectivity index (χ0) is 10.4. The first kappa shape index (κ1) is 12.0. The maximum atomic E-state index is 5.13. The van der Waals surface area contributed by atoms with Crippen molar-refractivity contribution in [1.29, 1.82) is 0 Å². The molecule has 1 aromatic rings. The quantitative estimate of drug-likeness (QED) is 0.538. The number of rotatable bonds is 1. The summed E-state index contributed by atoms with van der Waals surface area (Å²) >= 11 is 5.13. The van der Waals surface area contributed by atoms with Gasteiger partial charge in [0.05, 0.1) is 10.2 Å². The number of aromatic amines is 1. The molecule has 0 spiro atoms. The van der Waals surface area contributed by atoms with Gasteiger partial charge in [-0.1, -0.05) is 26.1 Å². The number of nitrogens with zero attached hydrogens (tertiary/aromatic N) is 1. The van der Waals surface area contributed by atoms with Crippen molar-refractivity contribution in [2.75, 3.05) is 0 Å². The van der Waals surface area contributed by atoms with Crippen molar-refractivity contribution in [3.63, 3.8) is 0 Å². The monoisotopic (exact) mass is 196 g/mol. The van der Waals surface area contributed by atoms with E-state index in [1.807, 2.05) is 33.9 Å². The van der Waals surface area contributed by atoms with E-state index in [4.69, 9.17) is 12.2 Å². The summed E-state index contributed by atoms with van der Waals surface area (Å²) in [5.74, 6) is 0. The van der Waals surface area contributed by atoms with Crippen LogP contribution in [-0.4, -0.2) is 11.7 Å². The lowest BCUT2D eigenvalue weighted by Crippen LogP contribution is -1.84. The average Bonchev–Trinajstić information content (AvgIpc) is 2.16.